The van der Waals surface area contributed by atoms with Crippen LogP contribution in [0.15, 0.2) is 59.2 Å². The van der Waals surface area contributed by atoms with E-state index in [1.54, 1.807) is 12.2 Å². The maximum absolute atomic E-state index is 12.6. The SMILES string of the molecule is COc1cc(/C=C2N=C(/C=C/c3ccccc3)OC\2=O)cc(OC)c1OC(F)F. The molecule has 2 aromatic carbocycles. The fraction of sp³-hybridized carbons (Fsp3) is 0.143. The molecule has 0 amide bonds. The van der Waals surface area contributed by atoms with E-state index in [0.29, 0.717) is 5.56 Å². The zero-order valence-corrected chi connectivity index (χ0v) is 15.6. The molecule has 3 rings (SSSR count). The minimum atomic E-state index is -3.05. The summed E-state index contributed by atoms with van der Waals surface area (Å²) >= 11 is 0. The number of esters is 1. The molecule has 150 valence electrons. The molecule has 0 bridgehead atoms. The first-order valence-electron chi connectivity index (χ1n) is 8.46. The lowest BCUT2D eigenvalue weighted by molar-refractivity contribution is -0.129. The molecule has 0 fully saturated rings. The number of halogens is 2. The van der Waals surface area contributed by atoms with Crippen LogP contribution in [0.4, 0.5) is 8.78 Å². The first kappa shape index (κ1) is 20.1. The van der Waals surface area contributed by atoms with Gasteiger partial charge in [0.2, 0.25) is 11.6 Å². The molecule has 0 N–H and O–H groups in total. The highest BCUT2D eigenvalue weighted by molar-refractivity contribution is 6.11. The van der Waals surface area contributed by atoms with Crippen LogP contribution in [0.25, 0.3) is 12.2 Å². The van der Waals surface area contributed by atoms with Crippen molar-refractivity contribution in [1.29, 1.82) is 0 Å². The number of carbonyl (C=O) groups is 1. The van der Waals surface area contributed by atoms with Crippen molar-refractivity contribution in [3.05, 3.63) is 65.4 Å². The van der Waals surface area contributed by atoms with Crippen molar-refractivity contribution in [1.82, 2.24) is 0 Å². The summed E-state index contributed by atoms with van der Waals surface area (Å²) < 4.78 is 45.1. The molecule has 1 heterocycles. The number of alkyl halides is 2. The van der Waals surface area contributed by atoms with Crippen LogP contribution in [0.2, 0.25) is 0 Å². The summed E-state index contributed by atoms with van der Waals surface area (Å²) in [5.74, 6) is -0.687. The summed E-state index contributed by atoms with van der Waals surface area (Å²) in [4.78, 5) is 16.2. The quantitative estimate of drug-likeness (QED) is 0.511. The van der Waals surface area contributed by atoms with Crippen LogP contribution in [-0.4, -0.2) is 32.7 Å². The molecule has 1 aliphatic heterocycles. The van der Waals surface area contributed by atoms with Gasteiger partial charge in [0, 0.05) is 6.08 Å². The monoisotopic (exact) mass is 401 g/mol. The van der Waals surface area contributed by atoms with E-state index < -0.39 is 12.6 Å². The molecule has 0 saturated heterocycles. The zero-order valence-electron chi connectivity index (χ0n) is 15.6. The second-order valence-corrected chi connectivity index (χ2v) is 5.75. The number of nitrogens with zero attached hydrogens (tertiary/aromatic N) is 1. The van der Waals surface area contributed by atoms with Crippen LogP contribution in [0.5, 0.6) is 17.2 Å². The number of ether oxygens (including phenoxy) is 4. The number of benzene rings is 2. The van der Waals surface area contributed by atoms with Crippen molar-refractivity contribution < 1.29 is 32.5 Å². The van der Waals surface area contributed by atoms with Crippen molar-refractivity contribution in [2.24, 2.45) is 4.99 Å². The highest BCUT2D eigenvalue weighted by Gasteiger charge is 2.23. The van der Waals surface area contributed by atoms with Gasteiger partial charge in [0.15, 0.2) is 17.2 Å². The smallest absolute Gasteiger partial charge is 0.387 e. The van der Waals surface area contributed by atoms with Gasteiger partial charge in [-0.15, -0.1) is 0 Å². The number of hydrogen-bond acceptors (Lipinski definition) is 6. The Balaban J connectivity index is 1.89. The third-order valence-corrected chi connectivity index (χ3v) is 3.85. The number of cyclic esters (lactones) is 1. The van der Waals surface area contributed by atoms with Gasteiger partial charge in [-0.3, -0.25) is 0 Å². The first-order chi connectivity index (χ1) is 14.0. The molecule has 1 aliphatic rings. The van der Waals surface area contributed by atoms with Gasteiger partial charge >= 0.3 is 12.6 Å². The average molecular weight is 401 g/mol. The molecule has 29 heavy (non-hydrogen) atoms. The maximum Gasteiger partial charge on any atom is 0.387 e. The van der Waals surface area contributed by atoms with Crippen LogP contribution >= 0.6 is 0 Å². The summed E-state index contributed by atoms with van der Waals surface area (Å²) in [6, 6.07) is 12.3. The van der Waals surface area contributed by atoms with Gasteiger partial charge in [-0.2, -0.15) is 8.78 Å². The molecule has 2 aromatic rings. The predicted octanol–water partition coefficient (Wildman–Crippen LogP) is 4.31. The van der Waals surface area contributed by atoms with Crippen LogP contribution in [0, 0.1) is 0 Å². The van der Waals surface area contributed by atoms with E-state index in [1.807, 2.05) is 30.3 Å². The van der Waals surface area contributed by atoms with Crippen molar-refractivity contribution in [3.63, 3.8) is 0 Å². The summed E-state index contributed by atoms with van der Waals surface area (Å²) in [5.41, 5.74) is 1.40. The standard InChI is InChI=1S/C21H17F2NO5/c1-26-16-11-14(12-17(27-2)19(16)29-21(22)23)10-15-20(25)28-18(24-15)9-8-13-6-4-3-5-7-13/h3-12,21H,1-2H3/b9-8+,15-10-. The molecule has 8 heteroatoms. The molecular weight excluding hydrogens is 384 g/mol. The topological polar surface area (TPSA) is 66.4 Å². The second-order valence-electron chi connectivity index (χ2n) is 5.75. The minimum Gasteiger partial charge on any atom is -0.493 e. The van der Waals surface area contributed by atoms with E-state index in [1.165, 1.54) is 32.4 Å². The number of hydrogen-bond donors (Lipinski definition) is 0. The third-order valence-electron chi connectivity index (χ3n) is 3.85. The fourth-order valence-electron chi connectivity index (χ4n) is 2.58. The lowest BCUT2D eigenvalue weighted by atomic mass is 10.1. The lowest BCUT2D eigenvalue weighted by Gasteiger charge is -2.14. The van der Waals surface area contributed by atoms with Crippen LogP contribution in [0.3, 0.4) is 0 Å². The third kappa shape index (κ3) is 4.98. The Morgan fingerprint density at radius 2 is 1.66 bits per heavy atom. The van der Waals surface area contributed by atoms with E-state index in [4.69, 9.17) is 14.2 Å². The molecule has 0 saturated carbocycles. The maximum atomic E-state index is 12.6. The Labute approximate surface area is 165 Å². The van der Waals surface area contributed by atoms with Gasteiger partial charge in [-0.1, -0.05) is 30.3 Å². The zero-order chi connectivity index (χ0) is 20.8. The molecule has 0 aliphatic carbocycles. The summed E-state index contributed by atoms with van der Waals surface area (Å²) in [6.45, 7) is -3.05. The first-order valence-corrected chi connectivity index (χ1v) is 8.46. The van der Waals surface area contributed by atoms with E-state index in [9.17, 15) is 13.6 Å². The normalized spacial score (nSPS) is 15.0. The minimum absolute atomic E-state index is 0.0241. The van der Waals surface area contributed by atoms with Crippen molar-refractivity contribution >= 4 is 24.0 Å². The molecule has 0 aromatic heterocycles. The van der Waals surface area contributed by atoms with E-state index in [-0.39, 0.29) is 28.8 Å². The molecule has 0 unspecified atom stereocenters. The molecular formula is C21H17F2NO5. The van der Waals surface area contributed by atoms with Crippen molar-refractivity contribution in [2.45, 2.75) is 6.61 Å². The van der Waals surface area contributed by atoms with Crippen LogP contribution < -0.4 is 14.2 Å². The fourth-order valence-corrected chi connectivity index (χ4v) is 2.58. The highest BCUT2D eigenvalue weighted by Crippen LogP contribution is 2.40. The van der Waals surface area contributed by atoms with Crippen molar-refractivity contribution in [2.75, 3.05) is 14.2 Å². The number of aliphatic imine (C=N–C) groups is 1. The summed E-state index contributed by atoms with van der Waals surface area (Å²) in [5, 5.41) is 0. The van der Waals surface area contributed by atoms with Crippen LogP contribution in [0.1, 0.15) is 11.1 Å². The predicted molar refractivity (Wildman–Crippen MR) is 103 cm³/mol. The number of methoxy groups -OCH3 is 2. The largest absolute Gasteiger partial charge is 0.493 e. The molecule has 0 radical (unpaired) electrons. The van der Waals surface area contributed by atoms with Gasteiger partial charge in [-0.05, 0) is 35.4 Å². The Morgan fingerprint density at radius 3 is 2.24 bits per heavy atom. The van der Waals surface area contributed by atoms with Crippen LogP contribution in [-0.2, 0) is 9.53 Å². The number of rotatable bonds is 7. The van der Waals surface area contributed by atoms with E-state index >= 15 is 0 Å². The average Bonchev–Trinajstić information content (AvgIpc) is 3.06. The van der Waals surface area contributed by atoms with Gasteiger partial charge in [-0.25, -0.2) is 9.79 Å². The highest BCUT2D eigenvalue weighted by atomic mass is 19.3. The molecule has 0 atom stereocenters. The lowest BCUT2D eigenvalue weighted by Crippen LogP contribution is -2.05. The number of carbonyl (C=O) groups excluding carboxylic acids is 1. The Kier molecular flexibility index (Phi) is 6.23. The van der Waals surface area contributed by atoms with Gasteiger partial charge in [0.25, 0.3) is 0 Å². The molecule has 0 spiro atoms. The Bertz CT molecular complexity index is 959. The molecule has 6 nitrogen and oxygen atoms in total. The Hall–Kier alpha value is -3.68. The van der Waals surface area contributed by atoms with Gasteiger partial charge < -0.3 is 18.9 Å². The van der Waals surface area contributed by atoms with E-state index in [2.05, 4.69) is 9.73 Å². The summed E-state index contributed by atoms with van der Waals surface area (Å²) in [6.07, 6.45) is 4.77. The summed E-state index contributed by atoms with van der Waals surface area (Å²) in [7, 11) is 2.61. The van der Waals surface area contributed by atoms with Gasteiger partial charge in [0.1, 0.15) is 0 Å². The Morgan fingerprint density at radius 1 is 1.00 bits per heavy atom. The second kappa shape index (κ2) is 9.01. The van der Waals surface area contributed by atoms with Gasteiger partial charge in [0.05, 0.1) is 14.2 Å². The van der Waals surface area contributed by atoms with E-state index in [0.717, 1.165) is 5.56 Å². The van der Waals surface area contributed by atoms with Crippen molar-refractivity contribution in [3.8, 4) is 17.2 Å².